The van der Waals surface area contributed by atoms with Gasteiger partial charge in [-0.15, -0.1) is 0 Å². The fourth-order valence-electron chi connectivity index (χ4n) is 5.48. The van der Waals surface area contributed by atoms with E-state index < -0.39 is 0 Å². The minimum absolute atomic E-state index is 0.0342. The molecule has 0 spiro atoms. The van der Waals surface area contributed by atoms with Gasteiger partial charge in [-0.3, -0.25) is 9.69 Å². The standard InChI is InChI=1S/C32H40N2O7/c1-36-25-11-12-28(39-4)32-23(25)14-16-34(24(32)17-22-8-10-27(38-3)30(19-22)41-6)20-31(35)33-15-13-21-7-9-26(37-2)29(18-21)40-5/h7-12,18-19,24H,13-17,20H2,1-6H3,(H,33,35). The molecular formula is C32H40N2O7. The van der Waals surface area contributed by atoms with Crippen LogP contribution in [0.3, 0.4) is 0 Å². The molecule has 0 saturated heterocycles. The maximum absolute atomic E-state index is 13.2. The lowest BCUT2D eigenvalue weighted by atomic mass is 9.87. The Kier molecular flexibility index (Phi) is 10.2. The molecule has 0 fully saturated rings. The summed E-state index contributed by atoms with van der Waals surface area (Å²) < 4.78 is 33.2. The van der Waals surface area contributed by atoms with E-state index in [9.17, 15) is 4.79 Å². The first kappa shape index (κ1) is 29.9. The first-order chi connectivity index (χ1) is 20.0. The zero-order valence-corrected chi connectivity index (χ0v) is 24.7. The van der Waals surface area contributed by atoms with Gasteiger partial charge in [-0.25, -0.2) is 0 Å². The molecule has 0 aromatic heterocycles. The van der Waals surface area contributed by atoms with Gasteiger partial charge in [0.2, 0.25) is 5.91 Å². The van der Waals surface area contributed by atoms with E-state index in [1.165, 1.54) is 0 Å². The molecule has 9 heteroatoms. The Morgan fingerprint density at radius 3 is 1.88 bits per heavy atom. The summed E-state index contributed by atoms with van der Waals surface area (Å²) in [6.45, 7) is 1.47. The molecule has 0 aliphatic carbocycles. The molecule has 1 N–H and O–H groups in total. The molecule has 1 heterocycles. The van der Waals surface area contributed by atoms with Crippen molar-refractivity contribution in [3.63, 3.8) is 0 Å². The number of ether oxygens (including phenoxy) is 6. The van der Waals surface area contributed by atoms with Crippen LogP contribution in [0, 0.1) is 0 Å². The maximum Gasteiger partial charge on any atom is 0.234 e. The topological polar surface area (TPSA) is 87.7 Å². The van der Waals surface area contributed by atoms with Crippen LogP contribution in [0.15, 0.2) is 48.5 Å². The van der Waals surface area contributed by atoms with E-state index in [-0.39, 0.29) is 18.5 Å². The molecule has 3 aromatic rings. The Bertz CT molecular complexity index is 1340. The molecule has 1 unspecified atom stereocenters. The third-order valence-electron chi connectivity index (χ3n) is 7.54. The number of hydrogen-bond donors (Lipinski definition) is 1. The van der Waals surface area contributed by atoms with Crippen LogP contribution < -0.4 is 33.7 Å². The zero-order valence-electron chi connectivity index (χ0n) is 24.7. The highest BCUT2D eigenvalue weighted by molar-refractivity contribution is 5.78. The molecular weight excluding hydrogens is 524 g/mol. The minimum atomic E-state index is -0.112. The lowest BCUT2D eigenvalue weighted by molar-refractivity contribution is -0.122. The van der Waals surface area contributed by atoms with Crippen LogP contribution in [0.1, 0.15) is 28.3 Å². The Morgan fingerprint density at radius 2 is 1.27 bits per heavy atom. The molecule has 1 amide bonds. The Balaban J connectivity index is 1.54. The summed E-state index contributed by atoms with van der Waals surface area (Å²) in [6.07, 6.45) is 2.07. The van der Waals surface area contributed by atoms with Gasteiger partial charge >= 0.3 is 0 Å². The van der Waals surface area contributed by atoms with Crippen LogP contribution in [-0.2, 0) is 24.1 Å². The van der Waals surface area contributed by atoms with Crippen molar-refractivity contribution in [3.05, 3.63) is 70.8 Å². The number of benzene rings is 3. The lowest BCUT2D eigenvalue weighted by Gasteiger charge is -2.38. The summed E-state index contributed by atoms with van der Waals surface area (Å²) in [5.74, 6) is 4.27. The van der Waals surface area contributed by atoms with Crippen molar-refractivity contribution in [1.82, 2.24) is 10.2 Å². The SMILES string of the molecule is COc1ccc(CCNC(=O)CN2CCc3c(OC)ccc(OC)c3C2Cc2ccc(OC)c(OC)c2)cc1OC. The van der Waals surface area contributed by atoms with E-state index in [2.05, 4.69) is 10.2 Å². The van der Waals surface area contributed by atoms with E-state index in [0.717, 1.165) is 40.2 Å². The summed E-state index contributed by atoms with van der Waals surface area (Å²) in [4.78, 5) is 15.4. The van der Waals surface area contributed by atoms with Crippen LogP contribution in [0.4, 0.5) is 0 Å². The molecule has 41 heavy (non-hydrogen) atoms. The van der Waals surface area contributed by atoms with E-state index in [1.807, 2.05) is 48.5 Å². The summed E-state index contributed by atoms with van der Waals surface area (Å²) in [7, 11) is 9.84. The third-order valence-corrected chi connectivity index (χ3v) is 7.54. The molecule has 1 aliphatic rings. The molecule has 4 rings (SSSR count). The molecule has 0 bridgehead atoms. The predicted octanol–water partition coefficient (Wildman–Crippen LogP) is 4.24. The van der Waals surface area contributed by atoms with Crippen LogP contribution in [0.5, 0.6) is 34.5 Å². The van der Waals surface area contributed by atoms with Crippen molar-refractivity contribution < 1.29 is 33.2 Å². The van der Waals surface area contributed by atoms with E-state index in [4.69, 9.17) is 28.4 Å². The largest absolute Gasteiger partial charge is 0.496 e. The first-order valence-corrected chi connectivity index (χ1v) is 13.6. The highest BCUT2D eigenvalue weighted by Crippen LogP contribution is 2.43. The Hall–Kier alpha value is -4.11. The van der Waals surface area contributed by atoms with Crippen molar-refractivity contribution in [1.29, 1.82) is 0 Å². The number of nitrogens with one attached hydrogen (secondary N) is 1. The quantitative estimate of drug-likeness (QED) is 0.330. The number of hydrogen-bond acceptors (Lipinski definition) is 8. The minimum Gasteiger partial charge on any atom is -0.496 e. The summed E-state index contributed by atoms with van der Waals surface area (Å²) in [5.41, 5.74) is 4.27. The third kappa shape index (κ3) is 6.79. The highest BCUT2D eigenvalue weighted by atomic mass is 16.5. The average molecular weight is 565 g/mol. The smallest absolute Gasteiger partial charge is 0.234 e. The maximum atomic E-state index is 13.2. The van der Waals surface area contributed by atoms with Crippen molar-refractivity contribution in [2.24, 2.45) is 0 Å². The monoisotopic (exact) mass is 564 g/mol. The second-order valence-electron chi connectivity index (χ2n) is 9.78. The molecule has 3 aromatic carbocycles. The van der Waals surface area contributed by atoms with Gasteiger partial charge in [0.1, 0.15) is 11.5 Å². The Labute approximate surface area is 242 Å². The number of methoxy groups -OCH3 is 6. The lowest BCUT2D eigenvalue weighted by Crippen LogP contribution is -2.44. The van der Waals surface area contributed by atoms with Gasteiger partial charge in [-0.05, 0) is 66.8 Å². The predicted molar refractivity (Wildman–Crippen MR) is 157 cm³/mol. The van der Waals surface area contributed by atoms with Crippen molar-refractivity contribution in [2.75, 3.05) is 62.3 Å². The van der Waals surface area contributed by atoms with Crippen molar-refractivity contribution >= 4 is 5.91 Å². The summed E-state index contributed by atoms with van der Waals surface area (Å²) in [6, 6.07) is 15.5. The highest BCUT2D eigenvalue weighted by Gasteiger charge is 2.33. The second-order valence-corrected chi connectivity index (χ2v) is 9.78. The van der Waals surface area contributed by atoms with Crippen LogP contribution in [0.25, 0.3) is 0 Å². The summed E-state index contributed by atoms with van der Waals surface area (Å²) in [5, 5.41) is 3.09. The van der Waals surface area contributed by atoms with Gasteiger partial charge in [0.15, 0.2) is 23.0 Å². The zero-order chi connectivity index (χ0) is 29.4. The number of amides is 1. The fourth-order valence-corrected chi connectivity index (χ4v) is 5.48. The summed E-state index contributed by atoms with van der Waals surface area (Å²) >= 11 is 0. The number of carbonyl (C=O) groups excluding carboxylic acids is 1. The molecule has 0 saturated carbocycles. The van der Waals surface area contributed by atoms with Crippen LogP contribution in [-0.4, -0.2) is 73.1 Å². The van der Waals surface area contributed by atoms with Crippen LogP contribution >= 0.6 is 0 Å². The van der Waals surface area contributed by atoms with E-state index in [0.29, 0.717) is 48.9 Å². The van der Waals surface area contributed by atoms with E-state index >= 15 is 0 Å². The van der Waals surface area contributed by atoms with Crippen molar-refractivity contribution in [2.45, 2.75) is 25.3 Å². The van der Waals surface area contributed by atoms with Gasteiger partial charge in [0.25, 0.3) is 0 Å². The van der Waals surface area contributed by atoms with Gasteiger partial charge < -0.3 is 33.7 Å². The molecule has 1 atom stereocenters. The molecule has 0 radical (unpaired) electrons. The number of rotatable bonds is 13. The number of nitrogens with zero attached hydrogens (tertiary/aromatic N) is 1. The number of carbonyl (C=O) groups is 1. The van der Waals surface area contributed by atoms with Gasteiger partial charge in [0, 0.05) is 30.3 Å². The van der Waals surface area contributed by atoms with Gasteiger partial charge in [0.05, 0.1) is 49.2 Å². The first-order valence-electron chi connectivity index (χ1n) is 13.6. The molecule has 1 aliphatic heterocycles. The normalized spacial score (nSPS) is 14.5. The average Bonchev–Trinajstić information content (AvgIpc) is 3.01. The van der Waals surface area contributed by atoms with Crippen LogP contribution in [0.2, 0.25) is 0 Å². The Morgan fingerprint density at radius 1 is 0.732 bits per heavy atom. The second kappa shape index (κ2) is 14.0. The van der Waals surface area contributed by atoms with Gasteiger partial charge in [-0.1, -0.05) is 12.1 Å². The van der Waals surface area contributed by atoms with E-state index in [1.54, 1.807) is 42.7 Å². The van der Waals surface area contributed by atoms with Crippen molar-refractivity contribution in [3.8, 4) is 34.5 Å². The number of fused-ring (bicyclic) bond motifs is 1. The fraction of sp³-hybridized carbons (Fsp3) is 0.406. The van der Waals surface area contributed by atoms with Gasteiger partial charge in [-0.2, -0.15) is 0 Å². The molecule has 9 nitrogen and oxygen atoms in total. The molecule has 220 valence electrons.